The highest BCUT2D eigenvalue weighted by molar-refractivity contribution is 6.00. The van der Waals surface area contributed by atoms with Crippen molar-refractivity contribution in [3.8, 4) is 11.1 Å². The normalized spacial score (nSPS) is 11.7. The molecule has 0 fully saturated rings. The Hall–Kier alpha value is -2.87. The molecule has 0 heterocycles. The van der Waals surface area contributed by atoms with Crippen LogP contribution in [0.2, 0.25) is 0 Å². The van der Waals surface area contributed by atoms with E-state index in [0.717, 1.165) is 24.0 Å². The van der Waals surface area contributed by atoms with Gasteiger partial charge in [-0.15, -0.1) is 0 Å². The maximum absolute atomic E-state index is 12.6. The van der Waals surface area contributed by atoms with Crippen molar-refractivity contribution in [2.75, 3.05) is 6.61 Å². The van der Waals surface area contributed by atoms with E-state index in [1.165, 1.54) is 16.7 Å². The third-order valence-corrected chi connectivity index (χ3v) is 4.50. The first-order valence-electron chi connectivity index (χ1n) is 8.24. The van der Waals surface area contributed by atoms with Gasteiger partial charge in [0.2, 0.25) is 0 Å². The molecule has 4 rings (SSSR count). The van der Waals surface area contributed by atoms with Gasteiger partial charge >= 0.3 is 5.97 Å². The number of esters is 1. The summed E-state index contributed by atoms with van der Waals surface area (Å²) in [6, 6.07) is 24.3. The van der Waals surface area contributed by atoms with Gasteiger partial charge in [0.05, 0.1) is 12.2 Å². The van der Waals surface area contributed by atoms with Crippen LogP contribution in [0.25, 0.3) is 11.1 Å². The first-order valence-corrected chi connectivity index (χ1v) is 8.24. The zero-order valence-electron chi connectivity index (χ0n) is 13.4. The van der Waals surface area contributed by atoms with Crippen LogP contribution in [-0.2, 0) is 17.6 Å². The van der Waals surface area contributed by atoms with Crippen molar-refractivity contribution in [3.63, 3.8) is 0 Å². The maximum atomic E-state index is 12.6. The molecule has 0 N–H and O–H groups in total. The molecule has 1 aliphatic rings. The van der Waals surface area contributed by atoms with Crippen LogP contribution in [0.4, 0.5) is 0 Å². The minimum absolute atomic E-state index is 0.237. The van der Waals surface area contributed by atoms with Gasteiger partial charge in [-0.3, -0.25) is 0 Å². The van der Waals surface area contributed by atoms with Crippen molar-refractivity contribution < 1.29 is 9.53 Å². The highest BCUT2D eigenvalue weighted by Gasteiger charge is 2.24. The number of carbonyl (C=O) groups excluding carboxylic acids is 1. The minimum Gasteiger partial charge on any atom is -0.462 e. The van der Waals surface area contributed by atoms with Crippen LogP contribution in [0.3, 0.4) is 0 Å². The zero-order chi connectivity index (χ0) is 16.4. The van der Waals surface area contributed by atoms with Gasteiger partial charge < -0.3 is 4.74 Å². The van der Waals surface area contributed by atoms with E-state index in [9.17, 15) is 4.79 Å². The molecule has 0 atom stereocenters. The van der Waals surface area contributed by atoms with Gasteiger partial charge in [-0.05, 0) is 40.3 Å². The largest absolute Gasteiger partial charge is 0.462 e. The van der Waals surface area contributed by atoms with Gasteiger partial charge in [0.25, 0.3) is 0 Å². The highest BCUT2D eigenvalue weighted by Crippen LogP contribution is 2.38. The van der Waals surface area contributed by atoms with E-state index in [4.69, 9.17) is 4.74 Å². The van der Waals surface area contributed by atoms with Crippen molar-refractivity contribution in [1.82, 2.24) is 0 Å². The van der Waals surface area contributed by atoms with Crippen molar-refractivity contribution in [2.24, 2.45) is 0 Å². The summed E-state index contributed by atoms with van der Waals surface area (Å²) in [6.07, 6.45) is 1.62. The Kier molecular flexibility index (Phi) is 3.87. The van der Waals surface area contributed by atoms with Crippen molar-refractivity contribution in [3.05, 3.63) is 95.1 Å². The minimum atomic E-state index is -0.237. The monoisotopic (exact) mass is 314 g/mol. The van der Waals surface area contributed by atoms with Gasteiger partial charge in [-0.2, -0.15) is 0 Å². The molecule has 3 aromatic carbocycles. The third kappa shape index (κ3) is 2.71. The summed E-state index contributed by atoms with van der Waals surface area (Å²) in [6.45, 7) is 0.397. The van der Waals surface area contributed by atoms with Crippen LogP contribution in [-0.4, -0.2) is 12.6 Å². The second-order valence-electron chi connectivity index (χ2n) is 6.05. The summed E-state index contributed by atoms with van der Waals surface area (Å²) < 4.78 is 5.53. The molecule has 0 saturated carbocycles. The van der Waals surface area contributed by atoms with Gasteiger partial charge in [0.1, 0.15) is 0 Å². The number of carbonyl (C=O) groups is 1. The fourth-order valence-electron chi connectivity index (χ4n) is 3.34. The van der Waals surface area contributed by atoms with Gasteiger partial charge in [-0.1, -0.05) is 66.7 Å². The Morgan fingerprint density at radius 3 is 2.46 bits per heavy atom. The maximum Gasteiger partial charge on any atom is 0.338 e. The number of hydrogen-bond acceptors (Lipinski definition) is 2. The van der Waals surface area contributed by atoms with Gasteiger partial charge in [0, 0.05) is 6.42 Å². The van der Waals surface area contributed by atoms with E-state index in [1.54, 1.807) is 0 Å². The van der Waals surface area contributed by atoms with E-state index in [2.05, 4.69) is 18.2 Å². The van der Waals surface area contributed by atoms with E-state index in [0.29, 0.717) is 12.2 Å². The fraction of sp³-hybridized carbons (Fsp3) is 0.136. The molecular weight excluding hydrogens is 296 g/mol. The number of ether oxygens (including phenoxy) is 1. The Bertz CT molecular complexity index is 881. The van der Waals surface area contributed by atoms with E-state index < -0.39 is 0 Å². The molecule has 0 saturated heterocycles. The standard InChI is InChI=1S/C22H18O2/c23-22(24-14-13-16-7-2-1-3-8-16)20-12-6-10-18-15-17-9-4-5-11-19(17)21(18)20/h1-12H,13-15H2. The summed E-state index contributed by atoms with van der Waals surface area (Å²) in [5.41, 5.74) is 6.52. The van der Waals surface area contributed by atoms with Crippen molar-refractivity contribution in [2.45, 2.75) is 12.8 Å². The molecule has 0 bridgehead atoms. The lowest BCUT2D eigenvalue weighted by atomic mass is 9.99. The molecular formula is C22H18O2. The van der Waals surface area contributed by atoms with Crippen LogP contribution in [0.5, 0.6) is 0 Å². The van der Waals surface area contributed by atoms with E-state index in [-0.39, 0.29) is 5.97 Å². The molecule has 0 spiro atoms. The third-order valence-electron chi connectivity index (χ3n) is 4.50. The van der Waals surface area contributed by atoms with Gasteiger partial charge in [-0.25, -0.2) is 4.79 Å². The second kappa shape index (κ2) is 6.32. The van der Waals surface area contributed by atoms with E-state index in [1.807, 2.05) is 54.6 Å². The average Bonchev–Trinajstić information content (AvgIpc) is 3.01. The Morgan fingerprint density at radius 2 is 1.58 bits per heavy atom. The lowest BCUT2D eigenvalue weighted by molar-refractivity contribution is 0.0510. The molecule has 24 heavy (non-hydrogen) atoms. The van der Waals surface area contributed by atoms with Crippen LogP contribution >= 0.6 is 0 Å². The van der Waals surface area contributed by atoms with Crippen LogP contribution in [0, 0.1) is 0 Å². The van der Waals surface area contributed by atoms with E-state index >= 15 is 0 Å². The molecule has 2 nitrogen and oxygen atoms in total. The SMILES string of the molecule is O=C(OCCc1ccccc1)c1cccc2c1-c1ccccc1C2. The van der Waals surface area contributed by atoms with Gasteiger partial charge in [0.15, 0.2) is 0 Å². The molecule has 2 heteroatoms. The summed E-state index contributed by atoms with van der Waals surface area (Å²) >= 11 is 0. The molecule has 0 amide bonds. The number of benzene rings is 3. The van der Waals surface area contributed by atoms with Crippen LogP contribution in [0.1, 0.15) is 27.0 Å². The van der Waals surface area contributed by atoms with Crippen LogP contribution in [0.15, 0.2) is 72.8 Å². The molecule has 3 aromatic rings. The predicted molar refractivity (Wildman–Crippen MR) is 95.1 cm³/mol. The molecule has 118 valence electrons. The Morgan fingerprint density at radius 1 is 0.833 bits per heavy atom. The predicted octanol–water partition coefficient (Wildman–Crippen LogP) is 4.66. The lowest BCUT2D eigenvalue weighted by Crippen LogP contribution is -2.09. The van der Waals surface area contributed by atoms with Crippen molar-refractivity contribution >= 4 is 5.97 Å². The molecule has 0 unspecified atom stereocenters. The van der Waals surface area contributed by atoms with Crippen molar-refractivity contribution in [1.29, 1.82) is 0 Å². The Balaban J connectivity index is 1.54. The zero-order valence-corrected chi connectivity index (χ0v) is 13.4. The quantitative estimate of drug-likeness (QED) is 0.512. The van der Waals surface area contributed by atoms with Crippen LogP contribution < -0.4 is 0 Å². The number of rotatable bonds is 4. The summed E-state index contributed by atoms with van der Waals surface area (Å²) in [7, 11) is 0. The first-order chi connectivity index (χ1) is 11.8. The second-order valence-corrected chi connectivity index (χ2v) is 6.05. The molecule has 1 aliphatic carbocycles. The average molecular weight is 314 g/mol. The molecule has 0 aliphatic heterocycles. The molecule has 0 aromatic heterocycles. The molecule has 0 radical (unpaired) electrons. The smallest absolute Gasteiger partial charge is 0.338 e. The highest BCUT2D eigenvalue weighted by atomic mass is 16.5. The summed E-state index contributed by atoms with van der Waals surface area (Å²) in [4.78, 5) is 12.6. The topological polar surface area (TPSA) is 26.3 Å². The number of hydrogen-bond donors (Lipinski definition) is 0. The first kappa shape index (κ1) is 14.7. The Labute approximate surface area is 141 Å². The lowest BCUT2D eigenvalue weighted by Gasteiger charge is -2.10. The number of fused-ring (bicyclic) bond motifs is 3. The fourth-order valence-corrected chi connectivity index (χ4v) is 3.34. The summed E-state index contributed by atoms with van der Waals surface area (Å²) in [5, 5.41) is 0. The summed E-state index contributed by atoms with van der Waals surface area (Å²) in [5.74, 6) is -0.237.